The Morgan fingerprint density at radius 2 is 2.42 bits per heavy atom. The van der Waals surface area contributed by atoms with Gasteiger partial charge in [0, 0.05) is 38.0 Å². The summed E-state index contributed by atoms with van der Waals surface area (Å²) in [7, 11) is 1.68. The van der Waals surface area contributed by atoms with Gasteiger partial charge < -0.3 is 10.2 Å². The van der Waals surface area contributed by atoms with Gasteiger partial charge in [-0.1, -0.05) is 17.8 Å². The van der Waals surface area contributed by atoms with Crippen molar-refractivity contribution in [3.8, 4) is 0 Å². The van der Waals surface area contributed by atoms with E-state index in [1.54, 1.807) is 13.2 Å². The van der Waals surface area contributed by atoms with E-state index < -0.39 is 0 Å². The zero-order valence-electron chi connectivity index (χ0n) is 10.6. The summed E-state index contributed by atoms with van der Waals surface area (Å²) in [6.45, 7) is 0.530. The molecule has 6 heteroatoms. The van der Waals surface area contributed by atoms with Gasteiger partial charge in [0.2, 0.25) is 11.8 Å². The SMILES string of the molecule is CN1C(=O)CS/C1=C\C(=O)NCCc1ccccn1. The molecule has 2 amide bonds. The lowest BCUT2D eigenvalue weighted by molar-refractivity contribution is -0.124. The van der Waals surface area contributed by atoms with Gasteiger partial charge in [0.05, 0.1) is 10.8 Å². The van der Waals surface area contributed by atoms with Crippen LogP contribution in [0.2, 0.25) is 0 Å². The van der Waals surface area contributed by atoms with Crippen molar-refractivity contribution in [1.82, 2.24) is 15.2 Å². The van der Waals surface area contributed by atoms with Crippen LogP contribution in [-0.2, 0) is 16.0 Å². The number of amides is 2. The molecule has 0 radical (unpaired) electrons. The van der Waals surface area contributed by atoms with Crippen molar-refractivity contribution in [2.24, 2.45) is 0 Å². The van der Waals surface area contributed by atoms with Gasteiger partial charge in [-0.15, -0.1) is 0 Å². The Morgan fingerprint density at radius 3 is 3.05 bits per heavy atom. The van der Waals surface area contributed by atoms with Crippen molar-refractivity contribution in [3.63, 3.8) is 0 Å². The Labute approximate surface area is 116 Å². The minimum Gasteiger partial charge on any atom is -0.352 e. The van der Waals surface area contributed by atoms with Gasteiger partial charge >= 0.3 is 0 Å². The molecular formula is C13H15N3O2S. The first kappa shape index (κ1) is 13.6. The maximum absolute atomic E-state index is 11.7. The lowest BCUT2D eigenvalue weighted by atomic mass is 10.3. The van der Waals surface area contributed by atoms with Crippen molar-refractivity contribution in [2.75, 3.05) is 19.3 Å². The van der Waals surface area contributed by atoms with Crippen LogP contribution in [0.1, 0.15) is 5.69 Å². The molecule has 2 rings (SSSR count). The second-order valence-corrected chi connectivity index (χ2v) is 5.08. The zero-order valence-corrected chi connectivity index (χ0v) is 11.4. The maximum atomic E-state index is 11.7. The molecule has 1 saturated heterocycles. The van der Waals surface area contributed by atoms with Crippen LogP contribution >= 0.6 is 11.8 Å². The highest BCUT2D eigenvalue weighted by molar-refractivity contribution is 8.04. The summed E-state index contributed by atoms with van der Waals surface area (Å²) in [5.74, 6) is 0.251. The predicted octanol–water partition coefficient (Wildman–Crippen LogP) is 0.787. The average molecular weight is 277 g/mol. The summed E-state index contributed by atoms with van der Waals surface area (Å²) in [6.07, 6.45) is 3.89. The summed E-state index contributed by atoms with van der Waals surface area (Å²) in [5, 5.41) is 3.48. The van der Waals surface area contributed by atoms with E-state index in [1.165, 1.54) is 22.7 Å². The smallest absolute Gasteiger partial charge is 0.246 e. The summed E-state index contributed by atoms with van der Waals surface area (Å²) in [5.41, 5.74) is 0.943. The number of hydrogen-bond acceptors (Lipinski definition) is 4. The second kappa shape index (κ2) is 6.38. The van der Waals surface area contributed by atoms with E-state index in [2.05, 4.69) is 10.3 Å². The first-order chi connectivity index (χ1) is 9.16. The van der Waals surface area contributed by atoms with Gasteiger partial charge in [-0.3, -0.25) is 14.6 Å². The van der Waals surface area contributed by atoms with Crippen LogP contribution in [0, 0.1) is 0 Å². The molecule has 0 aliphatic carbocycles. The van der Waals surface area contributed by atoms with Crippen LogP contribution in [0.25, 0.3) is 0 Å². The van der Waals surface area contributed by atoms with Gasteiger partial charge in [0.15, 0.2) is 0 Å². The monoisotopic (exact) mass is 277 g/mol. The molecule has 1 fully saturated rings. The number of pyridine rings is 1. The third-order valence-electron chi connectivity index (χ3n) is 2.71. The summed E-state index contributed by atoms with van der Waals surface area (Å²) < 4.78 is 0. The molecule has 0 spiro atoms. The molecule has 1 N–H and O–H groups in total. The fourth-order valence-corrected chi connectivity index (χ4v) is 2.56. The van der Waals surface area contributed by atoms with Gasteiger partial charge in [0.25, 0.3) is 0 Å². The summed E-state index contributed by atoms with van der Waals surface area (Å²) in [4.78, 5) is 28.7. The highest BCUT2D eigenvalue weighted by Crippen LogP contribution is 2.26. The average Bonchev–Trinajstić information content (AvgIpc) is 2.72. The molecule has 0 saturated carbocycles. The van der Waals surface area contributed by atoms with Crippen molar-refractivity contribution < 1.29 is 9.59 Å². The number of hydrogen-bond donors (Lipinski definition) is 1. The first-order valence-corrected chi connectivity index (χ1v) is 6.94. The van der Waals surface area contributed by atoms with E-state index >= 15 is 0 Å². The molecule has 5 nitrogen and oxygen atoms in total. The van der Waals surface area contributed by atoms with E-state index in [-0.39, 0.29) is 11.8 Å². The Balaban J connectivity index is 1.79. The third-order valence-corrected chi connectivity index (χ3v) is 3.79. The molecule has 1 aromatic heterocycles. The highest BCUT2D eigenvalue weighted by atomic mass is 32.2. The van der Waals surface area contributed by atoms with E-state index in [9.17, 15) is 9.59 Å². The molecular weight excluding hydrogens is 262 g/mol. The predicted molar refractivity (Wildman–Crippen MR) is 74.3 cm³/mol. The standard InChI is InChI=1S/C13H15N3O2S/c1-16-12(18)9-19-13(16)8-11(17)15-7-5-10-4-2-3-6-14-10/h2-4,6,8H,5,7,9H2,1H3,(H,15,17)/b13-8-. The molecule has 1 aromatic rings. The van der Waals surface area contributed by atoms with Crippen LogP contribution < -0.4 is 5.32 Å². The molecule has 2 heterocycles. The quantitative estimate of drug-likeness (QED) is 0.826. The van der Waals surface area contributed by atoms with Crippen LogP contribution in [0.4, 0.5) is 0 Å². The number of carbonyl (C=O) groups is 2. The fraction of sp³-hybridized carbons (Fsp3) is 0.308. The van der Waals surface area contributed by atoms with Gasteiger partial charge in [-0.2, -0.15) is 0 Å². The Hall–Kier alpha value is -1.82. The van der Waals surface area contributed by atoms with Crippen molar-refractivity contribution in [2.45, 2.75) is 6.42 Å². The lowest BCUT2D eigenvalue weighted by Gasteiger charge is -2.09. The zero-order chi connectivity index (χ0) is 13.7. The number of carbonyl (C=O) groups excluding carboxylic acids is 2. The largest absolute Gasteiger partial charge is 0.352 e. The summed E-state index contributed by atoms with van der Waals surface area (Å²) >= 11 is 1.38. The highest BCUT2D eigenvalue weighted by Gasteiger charge is 2.23. The van der Waals surface area contributed by atoms with E-state index in [1.807, 2.05) is 18.2 Å². The molecule has 1 aliphatic heterocycles. The van der Waals surface area contributed by atoms with Gasteiger partial charge in [-0.25, -0.2) is 0 Å². The molecule has 0 atom stereocenters. The van der Waals surface area contributed by atoms with E-state index in [0.29, 0.717) is 23.7 Å². The Morgan fingerprint density at radius 1 is 1.58 bits per heavy atom. The third kappa shape index (κ3) is 3.82. The molecule has 19 heavy (non-hydrogen) atoms. The molecule has 1 aliphatic rings. The maximum Gasteiger partial charge on any atom is 0.246 e. The van der Waals surface area contributed by atoms with Crippen LogP contribution in [-0.4, -0.2) is 41.0 Å². The number of thioether (sulfide) groups is 1. The van der Waals surface area contributed by atoms with Crippen molar-refractivity contribution in [1.29, 1.82) is 0 Å². The van der Waals surface area contributed by atoms with E-state index in [0.717, 1.165) is 5.69 Å². The lowest BCUT2D eigenvalue weighted by Crippen LogP contribution is -2.26. The minimum absolute atomic E-state index is 0.0255. The van der Waals surface area contributed by atoms with Crippen LogP contribution in [0.5, 0.6) is 0 Å². The fourth-order valence-electron chi connectivity index (χ4n) is 1.61. The summed E-state index contributed by atoms with van der Waals surface area (Å²) in [6, 6.07) is 5.70. The Kier molecular flexibility index (Phi) is 4.57. The molecule has 0 unspecified atom stereocenters. The molecule has 100 valence electrons. The molecule has 0 aromatic carbocycles. The van der Waals surface area contributed by atoms with Gasteiger partial charge in [0.1, 0.15) is 0 Å². The molecule has 0 bridgehead atoms. The van der Waals surface area contributed by atoms with Crippen molar-refractivity contribution in [3.05, 3.63) is 41.2 Å². The minimum atomic E-state index is -0.181. The second-order valence-electron chi connectivity index (χ2n) is 4.09. The topological polar surface area (TPSA) is 62.3 Å². The van der Waals surface area contributed by atoms with Crippen LogP contribution in [0.15, 0.2) is 35.5 Å². The normalized spacial score (nSPS) is 17.0. The van der Waals surface area contributed by atoms with Crippen LogP contribution in [0.3, 0.4) is 0 Å². The first-order valence-electron chi connectivity index (χ1n) is 5.95. The van der Waals surface area contributed by atoms with Gasteiger partial charge in [-0.05, 0) is 12.1 Å². The van der Waals surface area contributed by atoms with E-state index in [4.69, 9.17) is 0 Å². The number of rotatable bonds is 4. The van der Waals surface area contributed by atoms with Crippen molar-refractivity contribution >= 4 is 23.6 Å². The number of nitrogens with zero attached hydrogens (tertiary/aromatic N) is 2. The number of nitrogens with one attached hydrogen (secondary N) is 1. The Bertz CT molecular complexity index is 502. The number of aromatic nitrogens is 1.